The zero-order chi connectivity index (χ0) is 25.0. The van der Waals surface area contributed by atoms with Crippen molar-refractivity contribution in [2.24, 2.45) is 5.41 Å². The summed E-state index contributed by atoms with van der Waals surface area (Å²) in [4.78, 5) is 17.5. The lowest BCUT2D eigenvalue weighted by Crippen LogP contribution is -2.37. The van der Waals surface area contributed by atoms with Crippen LogP contribution in [0.15, 0.2) is 53.1 Å². The summed E-state index contributed by atoms with van der Waals surface area (Å²) in [6.45, 7) is 11.5. The van der Waals surface area contributed by atoms with Gasteiger partial charge in [-0.2, -0.15) is 0 Å². The molecular weight excluding hydrogens is 445 g/mol. The number of aryl methyl sites for hydroxylation is 1. The number of hydrogen-bond donors (Lipinski definition) is 0. The van der Waals surface area contributed by atoms with Crippen molar-refractivity contribution in [2.45, 2.75) is 47.2 Å². The number of hydrogen-bond acceptors (Lipinski definition) is 5. The largest absolute Gasteiger partial charge is 0.378 e. The maximum Gasteiger partial charge on any atom is 0.233 e. The highest BCUT2D eigenvalue weighted by atomic mass is 19.1. The molecule has 6 nitrogen and oxygen atoms in total. The number of rotatable bonds is 7. The lowest BCUT2D eigenvalue weighted by atomic mass is 9.91. The first kappa shape index (κ1) is 24.9. The van der Waals surface area contributed by atoms with Gasteiger partial charge in [-0.3, -0.25) is 4.79 Å². The fraction of sp³-hybridized carbons (Fsp3) is 0.429. The molecule has 0 saturated carbocycles. The smallest absolute Gasteiger partial charge is 0.233 e. The van der Waals surface area contributed by atoms with E-state index < -0.39 is 0 Å². The third-order valence-electron chi connectivity index (χ3n) is 6.03. The molecule has 2 aromatic carbocycles. The Kier molecular flexibility index (Phi) is 7.55. The van der Waals surface area contributed by atoms with E-state index in [-0.39, 0.29) is 17.1 Å². The van der Waals surface area contributed by atoms with Gasteiger partial charge in [0, 0.05) is 31.6 Å². The van der Waals surface area contributed by atoms with Gasteiger partial charge in [-0.1, -0.05) is 61.8 Å². The van der Waals surface area contributed by atoms with Gasteiger partial charge in [0.1, 0.15) is 11.5 Å². The van der Waals surface area contributed by atoms with Crippen LogP contribution in [0.5, 0.6) is 0 Å². The summed E-state index contributed by atoms with van der Waals surface area (Å²) in [5, 5.41) is 4.46. The predicted molar refractivity (Wildman–Crippen MR) is 134 cm³/mol. The molecule has 0 aliphatic carbocycles. The van der Waals surface area contributed by atoms with Crippen LogP contribution in [0.3, 0.4) is 0 Å². The van der Waals surface area contributed by atoms with Crippen molar-refractivity contribution in [2.75, 3.05) is 31.2 Å². The van der Waals surface area contributed by atoms with Crippen molar-refractivity contribution in [1.29, 1.82) is 0 Å². The Bertz CT molecular complexity index is 1140. The van der Waals surface area contributed by atoms with Crippen molar-refractivity contribution in [3.05, 3.63) is 71.0 Å². The second-order valence-electron chi connectivity index (χ2n) is 10.4. The third-order valence-corrected chi connectivity index (χ3v) is 6.03. The van der Waals surface area contributed by atoms with Gasteiger partial charge in [-0.05, 0) is 36.1 Å². The van der Waals surface area contributed by atoms with E-state index in [1.54, 1.807) is 12.1 Å². The second-order valence-corrected chi connectivity index (χ2v) is 10.4. The zero-order valence-electron chi connectivity index (χ0n) is 21.0. The van der Waals surface area contributed by atoms with Crippen LogP contribution in [-0.2, 0) is 22.6 Å². The minimum atomic E-state index is -0.295. The Hall–Kier alpha value is -3.19. The van der Waals surface area contributed by atoms with E-state index in [1.807, 2.05) is 30.0 Å². The van der Waals surface area contributed by atoms with Crippen LogP contribution in [0.1, 0.15) is 43.9 Å². The van der Waals surface area contributed by atoms with Crippen molar-refractivity contribution in [1.82, 2.24) is 10.1 Å². The quantitative estimate of drug-likeness (QED) is 0.442. The fourth-order valence-corrected chi connectivity index (χ4v) is 4.28. The minimum Gasteiger partial charge on any atom is -0.378 e. The summed E-state index contributed by atoms with van der Waals surface area (Å²) in [5.41, 5.74) is 4.39. The van der Waals surface area contributed by atoms with Crippen LogP contribution in [-0.4, -0.2) is 42.3 Å². The molecule has 0 N–H and O–H groups in total. The van der Waals surface area contributed by atoms with E-state index in [0.717, 1.165) is 27.9 Å². The predicted octanol–water partition coefficient (Wildman–Crippen LogP) is 5.59. The number of benzene rings is 2. The molecule has 0 unspecified atom stereocenters. The van der Waals surface area contributed by atoms with Gasteiger partial charge in [0.2, 0.25) is 11.8 Å². The van der Waals surface area contributed by atoms with E-state index in [0.29, 0.717) is 51.7 Å². The van der Waals surface area contributed by atoms with Crippen LogP contribution in [0, 0.1) is 18.2 Å². The molecular formula is C28H34FN3O3. The average Bonchev–Trinajstić information content (AvgIpc) is 3.23. The topological polar surface area (TPSA) is 58.8 Å². The lowest BCUT2D eigenvalue weighted by Gasteiger charge is -2.30. The van der Waals surface area contributed by atoms with E-state index in [1.165, 1.54) is 12.1 Å². The molecule has 35 heavy (non-hydrogen) atoms. The summed E-state index contributed by atoms with van der Waals surface area (Å²) < 4.78 is 25.0. The van der Waals surface area contributed by atoms with Crippen molar-refractivity contribution >= 4 is 11.8 Å². The second kappa shape index (κ2) is 10.6. The fourth-order valence-electron chi connectivity index (χ4n) is 4.28. The molecule has 1 aliphatic rings. The third kappa shape index (κ3) is 6.48. The van der Waals surface area contributed by atoms with E-state index in [9.17, 15) is 9.18 Å². The lowest BCUT2D eigenvalue weighted by molar-refractivity contribution is -0.134. The number of ether oxygens (including phenoxy) is 1. The number of amides is 1. The molecule has 186 valence electrons. The SMILES string of the molecule is Cc1cccc(-c2noc(N3CCOCC3)c2CN(Cc2ccc(F)cc2)C(=O)CC(C)(C)C)c1. The molecule has 0 radical (unpaired) electrons. The first-order chi connectivity index (χ1) is 16.7. The highest BCUT2D eigenvalue weighted by Crippen LogP contribution is 2.34. The normalized spacial score (nSPS) is 14.3. The van der Waals surface area contributed by atoms with Gasteiger partial charge in [-0.25, -0.2) is 4.39 Å². The van der Waals surface area contributed by atoms with E-state index in [4.69, 9.17) is 9.26 Å². The standard InChI is InChI=1S/C28H34FN3O3/c1-20-6-5-7-22(16-20)26-24(27(35-30-26)31-12-14-34-15-13-31)19-32(25(33)17-28(2,3)4)18-21-8-10-23(29)11-9-21/h5-11,16H,12-15,17-19H2,1-4H3. The Labute approximate surface area is 206 Å². The summed E-state index contributed by atoms with van der Waals surface area (Å²) >= 11 is 0. The first-order valence-electron chi connectivity index (χ1n) is 12.1. The number of halogens is 1. The highest BCUT2D eigenvalue weighted by Gasteiger charge is 2.29. The highest BCUT2D eigenvalue weighted by molar-refractivity contribution is 5.78. The number of anilines is 1. The molecule has 0 atom stereocenters. The monoisotopic (exact) mass is 479 g/mol. The van der Waals surface area contributed by atoms with Gasteiger partial charge in [0.15, 0.2) is 0 Å². The molecule has 4 rings (SSSR count). The van der Waals surface area contributed by atoms with Crippen LogP contribution < -0.4 is 4.90 Å². The molecule has 1 aromatic heterocycles. The number of morpholine rings is 1. The Morgan fingerprint density at radius 2 is 1.80 bits per heavy atom. The summed E-state index contributed by atoms with van der Waals surface area (Å²) in [6.07, 6.45) is 0.395. The summed E-state index contributed by atoms with van der Waals surface area (Å²) in [6, 6.07) is 14.4. The van der Waals surface area contributed by atoms with Crippen LogP contribution in [0.25, 0.3) is 11.3 Å². The van der Waals surface area contributed by atoms with Crippen molar-refractivity contribution in [3.63, 3.8) is 0 Å². The van der Waals surface area contributed by atoms with E-state index >= 15 is 0 Å². The molecule has 1 fully saturated rings. The molecule has 1 amide bonds. The van der Waals surface area contributed by atoms with Gasteiger partial charge >= 0.3 is 0 Å². The maximum absolute atomic E-state index is 13.5. The summed E-state index contributed by atoms with van der Waals surface area (Å²) in [5.74, 6) is 0.417. The van der Waals surface area contributed by atoms with Gasteiger partial charge < -0.3 is 19.1 Å². The number of aromatic nitrogens is 1. The Balaban J connectivity index is 1.73. The van der Waals surface area contributed by atoms with Crippen molar-refractivity contribution in [3.8, 4) is 11.3 Å². The first-order valence-corrected chi connectivity index (χ1v) is 12.1. The molecule has 0 spiro atoms. The molecule has 1 saturated heterocycles. The van der Waals surface area contributed by atoms with Gasteiger partial charge in [-0.15, -0.1) is 0 Å². The molecule has 7 heteroatoms. The van der Waals surface area contributed by atoms with E-state index in [2.05, 4.69) is 36.9 Å². The molecule has 3 aromatic rings. The number of carbonyl (C=O) groups is 1. The van der Waals surface area contributed by atoms with Crippen molar-refractivity contribution < 1.29 is 18.4 Å². The molecule has 2 heterocycles. The average molecular weight is 480 g/mol. The Morgan fingerprint density at radius 3 is 2.46 bits per heavy atom. The molecule has 1 aliphatic heterocycles. The summed E-state index contributed by atoms with van der Waals surface area (Å²) in [7, 11) is 0. The van der Waals surface area contributed by atoms with Crippen LogP contribution >= 0.6 is 0 Å². The van der Waals surface area contributed by atoms with Crippen LogP contribution in [0.4, 0.5) is 10.3 Å². The number of nitrogens with zero attached hydrogens (tertiary/aromatic N) is 3. The number of carbonyl (C=O) groups excluding carboxylic acids is 1. The van der Waals surface area contributed by atoms with Crippen LogP contribution in [0.2, 0.25) is 0 Å². The van der Waals surface area contributed by atoms with Gasteiger partial charge in [0.05, 0.1) is 25.3 Å². The zero-order valence-corrected chi connectivity index (χ0v) is 21.0. The maximum atomic E-state index is 13.5. The minimum absolute atomic E-state index is 0.0335. The Morgan fingerprint density at radius 1 is 1.09 bits per heavy atom. The van der Waals surface area contributed by atoms with Gasteiger partial charge in [0.25, 0.3) is 0 Å². The molecule has 0 bridgehead atoms.